The second-order valence-corrected chi connectivity index (χ2v) is 4.66. The van der Waals surface area contributed by atoms with Gasteiger partial charge in [-0.3, -0.25) is 4.57 Å². The molecule has 1 aromatic heterocycles. The van der Waals surface area contributed by atoms with Crippen LogP contribution in [0.25, 0.3) is 5.69 Å². The van der Waals surface area contributed by atoms with Crippen molar-refractivity contribution in [1.82, 2.24) is 14.3 Å². The molecule has 0 atom stereocenters. The minimum atomic E-state index is -4.37. The van der Waals surface area contributed by atoms with Crippen LogP contribution in [-0.4, -0.2) is 20.5 Å². The highest BCUT2D eigenvalue weighted by molar-refractivity contribution is 7.71. The lowest BCUT2D eigenvalue weighted by atomic mass is 10.3. The van der Waals surface area contributed by atoms with E-state index in [9.17, 15) is 13.2 Å². The van der Waals surface area contributed by atoms with Crippen molar-refractivity contribution < 1.29 is 13.2 Å². The molecule has 0 saturated heterocycles. The average molecular weight is 308 g/mol. The molecular formula is C11H9ClF3N3S. The third-order valence-electron chi connectivity index (χ3n) is 2.42. The Kier molecular flexibility index (Phi) is 3.69. The zero-order valence-electron chi connectivity index (χ0n) is 9.78. The van der Waals surface area contributed by atoms with E-state index in [2.05, 4.69) is 5.10 Å². The quantitative estimate of drug-likeness (QED) is 0.785. The zero-order chi connectivity index (χ0) is 14.2. The third-order valence-corrected chi connectivity index (χ3v) is 3.14. The van der Waals surface area contributed by atoms with Crippen LogP contribution in [0, 0.1) is 11.7 Å². The van der Waals surface area contributed by atoms with Crippen LogP contribution >= 0.6 is 23.8 Å². The van der Waals surface area contributed by atoms with E-state index in [0.29, 0.717) is 16.5 Å². The molecule has 0 spiro atoms. The molecule has 0 bridgehead atoms. The Labute approximate surface area is 117 Å². The van der Waals surface area contributed by atoms with Crippen molar-refractivity contribution >= 4 is 23.8 Å². The van der Waals surface area contributed by atoms with Crippen LogP contribution in [0.2, 0.25) is 5.02 Å². The fourth-order valence-electron chi connectivity index (χ4n) is 1.70. The first-order valence-electron chi connectivity index (χ1n) is 5.28. The Balaban J connectivity index is 2.55. The normalized spacial score (nSPS) is 11.8. The van der Waals surface area contributed by atoms with Gasteiger partial charge in [0.1, 0.15) is 12.4 Å². The minimum Gasteiger partial charge on any atom is -0.271 e. The molecule has 0 radical (unpaired) electrons. The SMILES string of the molecule is Cc1nn(CC(F)(F)F)c(=S)n1-c1ccccc1Cl. The Morgan fingerprint density at radius 2 is 1.95 bits per heavy atom. The summed E-state index contributed by atoms with van der Waals surface area (Å²) in [7, 11) is 0. The summed E-state index contributed by atoms with van der Waals surface area (Å²) in [5.74, 6) is 0.349. The van der Waals surface area contributed by atoms with Crippen molar-refractivity contribution in [3.63, 3.8) is 0 Å². The van der Waals surface area contributed by atoms with Gasteiger partial charge in [0.05, 0.1) is 10.7 Å². The summed E-state index contributed by atoms with van der Waals surface area (Å²) in [6, 6.07) is 6.76. The lowest BCUT2D eigenvalue weighted by Gasteiger charge is -2.07. The molecule has 0 aliphatic heterocycles. The number of rotatable bonds is 2. The van der Waals surface area contributed by atoms with Crippen molar-refractivity contribution in [2.45, 2.75) is 19.6 Å². The van der Waals surface area contributed by atoms with E-state index in [1.165, 1.54) is 4.57 Å². The van der Waals surface area contributed by atoms with Crippen molar-refractivity contribution in [3.05, 3.63) is 39.9 Å². The number of halogens is 4. The molecule has 0 saturated carbocycles. The van der Waals surface area contributed by atoms with Gasteiger partial charge >= 0.3 is 6.18 Å². The molecule has 0 fully saturated rings. The molecule has 0 aliphatic rings. The first kappa shape index (κ1) is 14.1. The minimum absolute atomic E-state index is 0.0390. The summed E-state index contributed by atoms with van der Waals surface area (Å²) in [5.41, 5.74) is 0.514. The van der Waals surface area contributed by atoms with Crippen molar-refractivity contribution in [2.24, 2.45) is 0 Å². The van der Waals surface area contributed by atoms with Crippen LogP contribution in [0.5, 0.6) is 0 Å². The number of alkyl halides is 3. The highest BCUT2D eigenvalue weighted by atomic mass is 35.5. The first-order chi connectivity index (χ1) is 8.79. The van der Waals surface area contributed by atoms with Gasteiger partial charge in [-0.2, -0.15) is 18.3 Å². The van der Waals surface area contributed by atoms with Gasteiger partial charge in [-0.25, -0.2) is 4.68 Å². The van der Waals surface area contributed by atoms with Crippen LogP contribution in [0.4, 0.5) is 13.2 Å². The summed E-state index contributed by atoms with van der Waals surface area (Å²) >= 11 is 11.0. The molecule has 1 aromatic carbocycles. The maximum Gasteiger partial charge on any atom is 0.408 e. The standard InChI is InChI=1S/C11H9ClF3N3S/c1-7-16-17(6-11(13,14)15)10(19)18(7)9-5-3-2-4-8(9)12/h2-5H,6H2,1H3. The smallest absolute Gasteiger partial charge is 0.271 e. The maximum absolute atomic E-state index is 12.4. The van der Waals surface area contributed by atoms with Gasteiger partial charge < -0.3 is 0 Å². The van der Waals surface area contributed by atoms with Gasteiger partial charge in [0, 0.05) is 0 Å². The first-order valence-corrected chi connectivity index (χ1v) is 6.06. The number of aromatic nitrogens is 3. The molecule has 19 heavy (non-hydrogen) atoms. The second kappa shape index (κ2) is 4.97. The molecule has 0 aliphatic carbocycles. The fourth-order valence-corrected chi connectivity index (χ4v) is 2.26. The van der Waals surface area contributed by atoms with Gasteiger partial charge in [0.2, 0.25) is 4.77 Å². The molecule has 1 heterocycles. The Bertz CT molecular complexity index is 660. The number of nitrogens with zero attached hydrogens (tertiary/aromatic N) is 3. The van der Waals surface area contributed by atoms with Gasteiger partial charge in [0.15, 0.2) is 0 Å². The molecule has 2 rings (SSSR count). The van der Waals surface area contributed by atoms with Crippen LogP contribution < -0.4 is 0 Å². The predicted molar refractivity (Wildman–Crippen MR) is 68.2 cm³/mol. The van der Waals surface area contributed by atoms with Crippen LogP contribution in [0.1, 0.15) is 5.82 Å². The van der Waals surface area contributed by atoms with E-state index in [1.807, 2.05) is 0 Å². The van der Waals surface area contributed by atoms with Gasteiger partial charge in [-0.1, -0.05) is 23.7 Å². The molecular weight excluding hydrogens is 299 g/mol. The zero-order valence-corrected chi connectivity index (χ0v) is 11.4. The third kappa shape index (κ3) is 2.98. The Morgan fingerprint density at radius 1 is 1.32 bits per heavy atom. The van der Waals surface area contributed by atoms with Gasteiger partial charge in [-0.05, 0) is 31.3 Å². The summed E-state index contributed by atoms with van der Waals surface area (Å²) in [6.45, 7) is 0.357. The van der Waals surface area contributed by atoms with E-state index in [4.69, 9.17) is 23.8 Å². The summed E-state index contributed by atoms with van der Waals surface area (Å²) in [5, 5.41) is 4.21. The number of para-hydroxylation sites is 1. The summed E-state index contributed by atoms with van der Waals surface area (Å²) in [4.78, 5) is 0. The topological polar surface area (TPSA) is 22.8 Å². The lowest BCUT2D eigenvalue weighted by Crippen LogP contribution is -2.19. The van der Waals surface area contributed by atoms with E-state index >= 15 is 0 Å². The second-order valence-electron chi connectivity index (χ2n) is 3.89. The van der Waals surface area contributed by atoms with Gasteiger partial charge in [-0.15, -0.1) is 0 Å². The predicted octanol–water partition coefficient (Wildman–Crippen LogP) is 3.93. The molecule has 102 valence electrons. The summed E-state index contributed by atoms with van der Waals surface area (Å²) in [6.07, 6.45) is -4.37. The van der Waals surface area contributed by atoms with Crippen molar-refractivity contribution in [1.29, 1.82) is 0 Å². The maximum atomic E-state index is 12.4. The number of aryl methyl sites for hydroxylation is 1. The van der Waals surface area contributed by atoms with E-state index in [1.54, 1.807) is 31.2 Å². The average Bonchev–Trinajstić information content (AvgIpc) is 2.53. The fraction of sp³-hybridized carbons (Fsp3) is 0.273. The highest BCUT2D eigenvalue weighted by Gasteiger charge is 2.29. The monoisotopic (exact) mass is 307 g/mol. The molecule has 2 aromatic rings. The number of hydrogen-bond acceptors (Lipinski definition) is 2. The Hall–Kier alpha value is -1.34. The van der Waals surface area contributed by atoms with Crippen LogP contribution in [0.3, 0.4) is 0 Å². The van der Waals surface area contributed by atoms with E-state index < -0.39 is 12.7 Å². The van der Waals surface area contributed by atoms with Crippen molar-refractivity contribution in [2.75, 3.05) is 0 Å². The molecule has 0 N–H and O–H groups in total. The largest absolute Gasteiger partial charge is 0.408 e. The number of benzene rings is 1. The highest BCUT2D eigenvalue weighted by Crippen LogP contribution is 2.23. The number of hydrogen-bond donors (Lipinski definition) is 0. The molecule has 8 heteroatoms. The molecule has 0 unspecified atom stereocenters. The van der Waals surface area contributed by atoms with Crippen LogP contribution in [-0.2, 0) is 6.54 Å². The van der Waals surface area contributed by atoms with Gasteiger partial charge in [0.25, 0.3) is 0 Å². The Morgan fingerprint density at radius 3 is 2.53 bits per heavy atom. The summed E-state index contributed by atoms with van der Waals surface area (Å²) < 4.78 is 39.3. The van der Waals surface area contributed by atoms with Crippen LogP contribution in [0.15, 0.2) is 24.3 Å². The lowest BCUT2D eigenvalue weighted by molar-refractivity contribution is -0.142. The van der Waals surface area contributed by atoms with E-state index in [0.717, 1.165) is 4.68 Å². The molecule has 3 nitrogen and oxygen atoms in total. The van der Waals surface area contributed by atoms with Crippen molar-refractivity contribution in [3.8, 4) is 5.69 Å². The van der Waals surface area contributed by atoms with E-state index in [-0.39, 0.29) is 4.77 Å². The molecule has 0 amide bonds.